The van der Waals surface area contributed by atoms with Gasteiger partial charge in [0.1, 0.15) is 0 Å². The van der Waals surface area contributed by atoms with Gasteiger partial charge in [0.05, 0.1) is 11.0 Å². The second kappa shape index (κ2) is 11.2. The lowest BCUT2D eigenvalue weighted by atomic mass is 10.0. The van der Waals surface area contributed by atoms with Crippen LogP contribution in [0.25, 0.3) is 83.6 Å². The Morgan fingerprint density at radius 3 is 1.53 bits per heavy atom. The number of rotatable bonds is 5. The summed E-state index contributed by atoms with van der Waals surface area (Å²) in [7, 11) is 0. The van der Waals surface area contributed by atoms with Crippen LogP contribution in [0.5, 0.6) is 0 Å². The number of aromatic nitrogens is 4. The molecule has 0 bridgehead atoms. The molecule has 2 heterocycles. The topological polar surface area (TPSA) is 43.6 Å². The maximum Gasteiger partial charge on any atom is 0.164 e. The van der Waals surface area contributed by atoms with Gasteiger partial charge < -0.3 is 4.57 Å². The van der Waals surface area contributed by atoms with Crippen molar-refractivity contribution in [2.75, 3.05) is 0 Å². The van der Waals surface area contributed by atoms with E-state index in [2.05, 4.69) is 144 Å². The van der Waals surface area contributed by atoms with Crippen molar-refractivity contribution in [2.45, 2.75) is 0 Å². The van der Waals surface area contributed by atoms with Gasteiger partial charge in [0.15, 0.2) is 17.5 Å². The Morgan fingerprint density at radius 2 is 0.830 bits per heavy atom. The summed E-state index contributed by atoms with van der Waals surface area (Å²) in [6.45, 7) is 0. The highest BCUT2D eigenvalue weighted by Gasteiger charge is 2.15. The molecule has 4 nitrogen and oxygen atoms in total. The number of benzene rings is 7. The molecule has 0 atom stereocenters. The number of hydrogen-bond donors (Lipinski definition) is 0. The third-order valence-corrected chi connectivity index (χ3v) is 8.83. The smallest absolute Gasteiger partial charge is 0.164 e. The lowest BCUT2D eigenvalue weighted by Crippen LogP contribution is -2.00. The van der Waals surface area contributed by atoms with Crippen molar-refractivity contribution in [1.29, 1.82) is 0 Å². The molecule has 0 spiro atoms. The van der Waals surface area contributed by atoms with Crippen LogP contribution in [0.2, 0.25) is 0 Å². The molecule has 2 aromatic heterocycles. The molecule has 0 unspecified atom stereocenters. The van der Waals surface area contributed by atoms with E-state index in [1.165, 1.54) is 27.2 Å². The maximum atomic E-state index is 5.02. The zero-order chi connectivity index (χ0) is 31.2. The molecule has 9 aromatic rings. The van der Waals surface area contributed by atoms with Crippen LogP contribution in [0, 0.1) is 0 Å². The van der Waals surface area contributed by atoms with Gasteiger partial charge >= 0.3 is 0 Å². The molecule has 7 aromatic carbocycles. The van der Waals surface area contributed by atoms with Crippen molar-refractivity contribution < 1.29 is 0 Å². The van der Waals surface area contributed by atoms with E-state index in [1.807, 2.05) is 30.3 Å². The minimum atomic E-state index is 0.644. The second-order valence-electron chi connectivity index (χ2n) is 11.7. The predicted molar refractivity (Wildman–Crippen MR) is 193 cm³/mol. The van der Waals surface area contributed by atoms with Crippen molar-refractivity contribution in [3.63, 3.8) is 0 Å². The lowest BCUT2D eigenvalue weighted by Gasteiger charge is -2.11. The normalized spacial score (nSPS) is 11.4. The average Bonchev–Trinajstić information content (AvgIpc) is 3.49. The molecule has 9 rings (SSSR count). The van der Waals surface area contributed by atoms with Crippen LogP contribution in [0.3, 0.4) is 0 Å². The van der Waals surface area contributed by atoms with E-state index in [0.717, 1.165) is 38.9 Å². The van der Waals surface area contributed by atoms with Crippen LogP contribution >= 0.6 is 0 Å². The molecular formula is C43H28N4. The van der Waals surface area contributed by atoms with Crippen LogP contribution in [0.4, 0.5) is 0 Å². The van der Waals surface area contributed by atoms with Crippen LogP contribution < -0.4 is 0 Å². The first-order valence-corrected chi connectivity index (χ1v) is 15.8. The fourth-order valence-electron chi connectivity index (χ4n) is 6.52. The predicted octanol–water partition coefficient (Wildman–Crippen LogP) is 10.8. The SMILES string of the molecule is c1ccc(-c2nc(-c3cccc(-c4ccc(-n5c6ccccc6c6ccccc65)cc4)c3)nc(-c3ccc4ccccc4c3)n2)cc1. The maximum absolute atomic E-state index is 5.02. The molecule has 0 radical (unpaired) electrons. The number of hydrogen-bond acceptors (Lipinski definition) is 3. The summed E-state index contributed by atoms with van der Waals surface area (Å²) < 4.78 is 2.34. The Bertz CT molecular complexity index is 2510. The Kier molecular flexibility index (Phi) is 6.43. The first kappa shape index (κ1) is 27.0. The van der Waals surface area contributed by atoms with Crippen molar-refractivity contribution >= 4 is 32.6 Å². The van der Waals surface area contributed by atoms with E-state index in [1.54, 1.807) is 0 Å². The van der Waals surface area contributed by atoms with Gasteiger partial charge in [-0.05, 0) is 58.3 Å². The molecule has 220 valence electrons. The highest BCUT2D eigenvalue weighted by Crippen LogP contribution is 2.33. The summed E-state index contributed by atoms with van der Waals surface area (Å²) >= 11 is 0. The van der Waals surface area contributed by atoms with Gasteiger partial charge in [0.2, 0.25) is 0 Å². The van der Waals surface area contributed by atoms with Crippen molar-refractivity contribution in [2.24, 2.45) is 0 Å². The molecule has 0 saturated carbocycles. The number of nitrogens with zero attached hydrogens (tertiary/aromatic N) is 4. The third-order valence-electron chi connectivity index (χ3n) is 8.83. The van der Waals surface area contributed by atoms with E-state index in [-0.39, 0.29) is 0 Å². The fraction of sp³-hybridized carbons (Fsp3) is 0. The lowest BCUT2D eigenvalue weighted by molar-refractivity contribution is 1.07. The summed E-state index contributed by atoms with van der Waals surface area (Å²) in [4.78, 5) is 14.9. The van der Waals surface area contributed by atoms with Gasteiger partial charge in [-0.2, -0.15) is 0 Å². The third kappa shape index (κ3) is 4.84. The monoisotopic (exact) mass is 600 g/mol. The molecule has 0 aliphatic rings. The van der Waals surface area contributed by atoms with E-state index in [9.17, 15) is 0 Å². The summed E-state index contributed by atoms with van der Waals surface area (Å²) in [6, 6.07) is 59.3. The van der Waals surface area contributed by atoms with Gasteiger partial charge in [-0.25, -0.2) is 15.0 Å². The number of fused-ring (bicyclic) bond motifs is 4. The van der Waals surface area contributed by atoms with E-state index in [4.69, 9.17) is 15.0 Å². The van der Waals surface area contributed by atoms with Crippen LogP contribution in [-0.2, 0) is 0 Å². The van der Waals surface area contributed by atoms with E-state index >= 15 is 0 Å². The van der Waals surface area contributed by atoms with E-state index in [0.29, 0.717) is 17.5 Å². The van der Waals surface area contributed by atoms with Crippen molar-refractivity contribution in [3.05, 3.63) is 170 Å². The minimum absolute atomic E-state index is 0.644. The molecule has 0 amide bonds. The van der Waals surface area contributed by atoms with E-state index < -0.39 is 0 Å². The molecule has 4 heteroatoms. The molecule has 0 aliphatic carbocycles. The summed E-state index contributed by atoms with van der Waals surface area (Å²) in [6.07, 6.45) is 0. The van der Waals surface area contributed by atoms with Crippen molar-refractivity contribution in [3.8, 4) is 51.0 Å². The first-order valence-electron chi connectivity index (χ1n) is 15.8. The Hall–Kier alpha value is -6.39. The Labute approximate surface area is 272 Å². The number of para-hydroxylation sites is 2. The Balaban J connectivity index is 1.12. The molecule has 0 aliphatic heterocycles. The van der Waals surface area contributed by atoms with Gasteiger partial charge in [-0.1, -0.05) is 133 Å². The summed E-state index contributed by atoms with van der Waals surface area (Å²) in [5.74, 6) is 1.95. The summed E-state index contributed by atoms with van der Waals surface area (Å²) in [5.41, 5.74) is 8.62. The fourth-order valence-corrected chi connectivity index (χ4v) is 6.52. The molecule has 47 heavy (non-hydrogen) atoms. The average molecular weight is 601 g/mol. The molecule has 0 saturated heterocycles. The largest absolute Gasteiger partial charge is 0.309 e. The standard InChI is InChI=1S/C43H28N4/c1-2-12-31(13-3-1)41-44-42(46-43(45-41)35-22-21-29-11-4-5-14-32(29)28-35)34-16-10-15-33(27-34)30-23-25-36(26-24-30)47-39-19-8-6-17-37(39)38-18-7-9-20-40(38)47/h1-28H. The first-order chi connectivity index (χ1) is 23.3. The quantitative estimate of drug-likeness (QED) is 0.197. The highest BCUT2D eigenvalue weighted by atomic mass is 15.0. The van der Waals surface area contributed by atoms with Crippen LogP contribution in [0.15, 0.2) is 170 Å². The minimum Gasteiger partial charge on any atom is -0.309 e. The van der Waals surface area contributed by atoms with Crippen LogP contribution in [0.1, 0.15) is 0 Å². The zero-order valence-corrected chi connectivity index (χ0v) is 25.5. The highest BCUT2D eigenvalue weighted by molar-refractivity contribution is 6.09. The molecule has 0 fully saturated rings. The van der Waals surface area contributed by atoms with Gasteiger partial charge in [-0.15, -0.1) is 0 Å². The van der Waals surface area contributed by atoms with Crippen LogP contribution in [-0.4, -0.2) is 19.5 Å². The van der Waals surface area contributed by atoms with Gasteiger partial charge in [0.25, 0.3) is 0 Å². The second-order valence-corrected chi connectivity index (χ2v) is 11.7. The van der Waals surface area contributed by atoms with Gasteiger partial charge in [-0.3, -0.25) is 0 Å². The molecule has 0 N–H and O–H groups in total. The zero-order valence-electron chi connectivity index (χ0n) is 25.5. The Morgan fingerprint density at radius 1 is 0.319 bits per heavy atom. The summed E-state index contributed by atoms with van der Waals surface area (Å²) in [5, 5.41) is 4.86. The van der Waals surface area contributed by atoms with Gasteiger partial charge in [0, 0.05) is 33.2 Å². The van der Waals surface area contributed by atoms with Crippen molar-refractivity contribution in [1.82, 2.24) is 19.5 Å². The molecular weight excluding hydrogens is 573 g/mol.